The monoisotopic (exact) mass is 985 g/mol. The second-order valence-corrected chi connectivity index (χ2v) is 16.5. The Balaban J connectivity index is 0.00000490. The van der Waals surface area contributed by atoms with Crippen LogP contribution in [0.3, 0.4) is 0 Å². The molecule has 2 aromatic heterocycles. The second-order valence-electron chi connectivity index (χ2n) is 16.5. The summed E-state index contributed by atoms with van der Waals surface area (Å²) < 4.78 is 17.7. The van der Waals surface area contributed by atoms with Crippen molar-refractivity contribution >= 4 is 35.1 Å². The quantitative estimate of drug-likeness (QED) is 0.0864. The molecule has 0 bridgehead atoms. The number of para-hydroxylation sites is 3. The van der Waals surface area contributed by atoms with E-state index in [1.165, 1.54) is 0 Å². The maximum Gasteiger partial charge on any atom is 0.524 e. The number of hydrogen-bond donors (Lipinski definition) is 0. The van der Waals surface area contributed by atoms with Gasteiger partial charge in [0.2, 0.25) is 0 Å². The molecular weight excluding hydrogens is 943 g/mol. The number of ether oxygens (including phenoxy) is 1. The van der Waals surface area contributed by atoms with Gasteiger partial charge in [0.05, 0.1) is 16.7 Å². The van der Waals surface area contributed by atoms with Gasteiger partial charge in [0.15, 0.2) is 5.82 Å². The molecule has 0 unspecified atom stereocenters. The van der Waals surface area contributed by atoms with E-state index in [9.17, 15) is 0 Å². The van der Waals surface area contributed by atoms with E-state index in [-0.39, 0.29) is 26.5 Å². The Bertz CT molecular complexity index is 2990. The van der Waals surface area contributed by atoms with Gasteiger partial charge in [0.25, 0.3) is 6.33 Å². The topological polar surface area (TPSA) is 43.4 Å². The number of aromatic nitrogens is 3. The second kappa shape index (κ2) is 16.6. The molecule has 0 radical (unpaired) electrons. The number of imidazole rings is 1. The Hall–Kier alpha value is -6.69. The predicted molar refractivity (Wildman–Crippen MR) is 246 cm³/mol. The van der Waals surface area contributed by atoms with Crippen LogP contribution in [0.25, 0.3) is 44.7 Å². The number of aryl methyl sites for hydroxylation is 2. The number of hydrogen-bond acceptors (Lipinski definition) is 4. The van der Waals surface area contributed by atoms with E-state index >= 15 is 0 Å². The van der Waals surface area contributed by atoms with E-state index in [0.29, 0.717) is 11.5 Å². The van der Waals surface area contributed by atoms with Crippen LogP contribution in [0.5, 0.6) is 17.2 Å². The Morgan fingerprint density at radius 2 is 1.27 bits per heavy atom. The molecule has 0 fully saturated rings. The van der Waals surface area contributed by atoms with Gasteiger partial charge >= 0.3 is 7.05 Å². The predicted octanol–water partition coefficient (Wildman–Crippen LogP) is 11.7. The summed E-state index contributed by atoms with van der Waals surface area (Å²) >= 11 is 0. The molecule has 10 rings (SSSR count). The average molecular weight is 986 g/mol. The molecular formula is C54H43BN4O2Pt-2. The minimum Gasteiger partial charge on any atom is -0.535 e. The van der Waals surface area contributed by atoms with Gasteiger partial charge in [-0.1, -0.05) is 159 Å². The molecule has 7 aromatic carbocycles. The maximum absolute atomic E-state index is 6.78. The first-order chi connectivity index (χ1) is 29.7. The summed E-state index contributed by atoms with van der Waals surface area (Å²) in [5, 5.41) is 0. The SMILES string of the molecule is Cc1cccc(C)c1B1Oc2cccnc2N1c1[c-]c(Oc2[c-]c(-n3[c-][n+](-c4c(-c5ccccc5)cccc4-c4ccccc4)c4ccccc43)ccc2)cc(C(C)(C)C)c1.[Pt]. The normalized spacial score (nSPS) is 12.2. The van der Waals surface area contributed by atoms with Crippen LogP contribution in [0.4, 0.5) is 11.5 Å². The van der Waals surface area contributed by atoms with Gasteiger partial charge in [-0.25, -0.2) is 4.98 Å². The summed E-state index contributed by atoms with van der Waals surface area (Å²) in [4.78, 5) is 6.96. The van der Waals surface area contributed by atoms with Crippen LogP contribution in [-0.2, 0) is 26.5 Å². The fourth-order valence-electron chi connectivity index (χ4n) is 8.37. The third kappa shape index (κ3) is 7.52. The van der Waals surface area contributed by atoms with Crippen molar-refractivity contribution in [2.75, 3.05) is 4.81 Å². The molecule has 306 valence electrons. The first-order valence-electron chi connectivity index (χ1n) is 20.7. The zero-order valence-corrected chi connectivity index (χ0v) is 37.4. The third-order valence-corrected chi connectivity index (χ3v) is 11.4. The van der Waals surface area contributed by atoms with Gasteiger partial charge in [-0.3, -0.25) is 4.57 Å². The van der Waals surface area contributed by atoms with Crippen molar-refractivity contribution in [3.63, 3.8) is 0 Å². The molecule has 1 aliphatic rings. The number of fused-ring (bicyclic) bond motifs is 2. The minimum atomic E-state index is -0.431. The van der Waals surface area contributed by atoms with E-state index in [1.54, 1.807) is 0 Å². The molecule has 8 heteroatoms. The molecule has 6 nitrogen and oxygen atoms in total. The Labute approximate surface area is 378 Å². The van der Waals surface area contributed by atoms with Crippen LogP contribution in [0.1, 0.15) is 37.5 Å². The van der Waals surface area contributed by atoms with Crippen molar-refractivity contribution in [1.82, 2.24) is 9.55 Å². The van der Waals surface area contributed by atoms with Crippen LogP contribution in [0.15, 0.2) is 170 Å². The molecule has 9 aromatic rings. The Morgan fingerprint density at radius 3 is 1.97 bits per heavy atom. The Morgan fingerprint density at radius 1 is 0.645 bits per heavy atom. The van der Waals surface area contributed by atoms with Gasteiger partial charge in [-0.2, -0.15) is 12.1 Å². The van der Waals surface area contributed by atoms with Gasteiger partial charge in [-0.15, -0.1) is 35.9 Å². The zero-order valence-electron chi connectivity index (χ0n) is 35.2. The fourth-order valence-corrected chi connectivity index (χ4v) is 8.37. The average Bonchev–Trinajstić information content (AvgIpc) is 3.86. The summed E-state index contributed by atoms with van der Waals surface area (Å²) in [5.41, 5.74) is 13.4. The van der Waals surface area contributed by atoms with Crippen LogP contribution >= 0.6 is 0 Å². The van der Waals surface area contributed by atoms with Crippen molar-refractivity contribution in [2.45, 2.75) is 40.0 Å². The molecule has 0 N–H and O–H groups in total. The van der Waals surface area contributed by atoms with Crippen molar-refractivity contribution in [3.8, 4) is 50.9 Å². The summed E-state index contributed by atoms with van der Waals surface area (Å²) in [6, 6.07) is 63.7. The molecule has 3 heterocycles. The number of pyridine rings is 1. The smallest absolute Gasteiger partial charge is 0.524 e. The van der Waals surface area contributed by atoms with Gasteiger partial charge in [0.1, 0.15) is 5.75 Å². The van der Waals surface area contributed by atoms with E-state index < -0.39 is 7.05 Å². The third-order valence-electron chi connectivity index (χ3n) is 11.4. The fraction of sp³-hybridized carbons (Fsp3) is 0.111. The first-order valence-corrected chi connectivity index (χ1v) is 20.7. The molecule has 0 amide bonds. The molecule has 1 aliphatic heterocycles. The van der Waals surface area contributed by atoms with E-state index in [0.717, 1.165) is 84.1 Å². The summed E-state index contributed by atoms with van der Waals surface area (Å²) in [5.74, 6) is 2.59. The Kier molecular flexibility index (Phi) is 10.9. The molecule has 0 saturated heterocycles. The summed E-state index contributed by atoms with van der Waals surface area (Å²) in [6.45, 7) is 10.9. The first kappa shape index (κ1) is 40.7. The molecule has 0 atom stereocenters. The molecule has 62 heavy (non-hydrogen) atoms. The molecule has 0 aliphatic carbocycles. The minimum absolute atomic E-state index is 0. The van der Waals surface area contributed by atoms with E-state index in [4.69, 9.17) is 14.4 Å². The van der Waals surface area contributed by atoms with Crippen molar-refractivity contribution in [1.29, 1.82) is 0 Å². The van der Waals surface area contributed by atoms with Gasteiger partial charge in [0, 0.05) is 38.8 Å². The van der Waals surface area contributed by atoms with Crippen LogP contribution in [0.2, 0.25) is 0 Å². The number of rotatable bonds is 8. The van der Waals surface area contributed by atoms with Crippen LogP contribution in [0, 0.1) is 32.3 Å². The van der Waals surface area contributed by atoms with E-state index in [2.05, 4.69) is 200 Å². The standard InChI is InChI=1S/C54H43BN4O2.Pt/c1-37-18-14-19-38(2)51(37)55-59(53-50(61-55)30-17-31-56-53)43-32-41(54(3,4)5)33-45(35-43)60-44-25-15-24-42(34-44)57-36-58(49-29-13-12-28-48(49)57)52-46(39-20-8-6-9-21-39)26-16-27-47(52)40-22-10-7-11-23-40;/h6-33H,1-5H3;/q-2;. The van der Waals surface area contributed by atoms with Crippen molar-refractivity contribution < 1.29 is 35.0 Å². The molecule has 0 saturated carbocycles. The number of benzene rings is 7. The van der Waals surface area contributed by atoms with E-state index in [1.807, 2.05) is 36.5 Å². The largest absolute Gasteiger partial charge is 0.535 e. The van der Waals surface area contributed by atoms with Gasteiger partial charge in [-0.05, 0) is 64.8 Å². The number of nitrogens with zero attached hydrogens (tertiary/aromatic N) is 4. The number of anilines is 2. The summed E-state index contributed by atoms with van der Waals surface area (Å²) in [6.07, 6.45) is 5.57. The zero-order chi connectivity index (χ0) is 41.7. The van der Waals surface area contributed by atoms with Crippen molar-refractivity contribution in [2.24, 2.45) is 0 Å². The molecule has 0 spiro atoms. The van der Waals surface area contributed by atoms with Gasteiger partial charge < -0.3 is 18.8 Å². The summed E-state index contributed by atoms with van der Waals surface area (Å²) in [7, 11) is -0.431. The van der Waals surface area contributed by atoms with Crippen LogP contribution in [-0.4, -0.2) is 16.6 Å². The van der Waals surface area contributed by atoms with Crippen molar-refractivity contribution in [3.05, 3.63) is 205 Å². The maximum atomic E-state index is 6.78. The van der Waals surface area contributed by atoms with Crippen LogP contribution < -0.4 is 24.2 Å².